The second kappa shape index (κ2) is 9.86. The van der Waals surface area contributed by atoms with Gasteiger partial charge in [0, 0.05) is 17.3 Å². The van der Waals surface area contributed by atoms with Gasteiger partial charge in [0.05, 0.1) is 23.4 Å². The van der Waals surface area contributed by atoms with E-state index in [1.807, 2.05) is 72.2 Å². The smallest absolute Gasteiger partial charge is 0.281 e. The lowest BCUT2D eigenvalue weighted by Gasteiger charge is -2.05. The van der Waals surface area contributed by atoms with Crippen LogP contribution in [0.25, 0.3) is 16.9 Å². The summed E-state index contributed by atoms with van der Waals surface area (Å²) in [5, 5.41) is 10.8. The number of thiophene rings is 1. The largest absolute Gasteiger partial charge is 0.494 e. The molecule has 2 aromatic carbocycles. The maximum absolute atomic E-state index is 12.2. The van der Waals surface area contributed by atoms with Crippen molar-refractivity contribution in [2.75, 3.05) is 6.61 Å². The lowest BCUT2D eigenvalue weighted by Crippen LogP contribution is -2.16. The zero-order valence-electron chi connectivity index (χ0n) is 17.1. The van der Waals surface area contributed by atoms with Crippen molar-refractivity contribution in [2.45, 2.75) is 13.3 Å². The predicted molar refractivity (Wildman–Crippen MR) is 124 cm³/mol. The van der Waals surface area contributed by atoms with Crippen molar-refractivity contribution in [3.63, 3.8) is 0 Å². The first-order chi connectivity index (χ1) is 15.2. The summed E-state index contributed by atoms with van der Waals surface area (Å²) in [4.78, 5) is 12.8. The predicted octanol–water partition coefficient (Wildman–Crippen LogP) is 5.15. The summed E-state index contributed by atoms with van der Waals surface area (Å²) in [6.45, 7) is 2.76. The fraction of sp³-hybridized carbons (Fsp3) is 0.125. The zero-order chi connectivity index (χ0) is 21.5. The molecule has 0 bridgehead atoms. The molecule has 0 spiro atoms. The van der Waals surface area contributed by atoms with E-state index >= 15 is 0 Å². The molecule has 1 amide bonds. The van der Waals surface area contributed by atoms with E-state index < -0.39 is 0 Å². The number of amides is 1. The Bertz CT molecular complexity index is 1150. The van der Waals surface area contributed by atoms with Gasteiger partial charge in [-0.1, -0.05) is 31.2 Å². The Kier molecular flexibility index (Phi) is 6.54. The minimum absolute atomic E-state index is 0.235. The molecule has 0 aliphatic rings. The van der Waals surface area contributed by atoms with Crippen LogP contribution in [0.4, 0.5) is 0 Å². The van der Waals surface area contributed by atoms with E-state index in [1.165, 1.54) is 11.3 Å². The van der Waals surface area contributed by atoms with Gasteiger partial charge >= 0.3 is 0 Å². The minimum Gasteiger partial charge on any atom is -0.494 e. The summed E-state index contributed by atoms with van der Waals surface area (Å²) < 4.78 is 7.48. The highest BCUT2D eigenvalue weighted by Crippen LogP contribution is 2.25. The number of aromatic nitrogens is 2. The number of nitrogens with zero attached hydrogens (tertiary/aromatic N) is 3. The number of nitrogens with one attached hydrogen (secondary N) is 1. The van der Waals surface area contributed by atoms with Crippen LogP contribution in [0.1, 0.15) is 28.6 Å². The fourth-order valence-corrected chi connectivity index (χ4v) is 3.58. The number of hydrogen-bond donors (Lipinski definition) is 1. The standard InChI is InChI=1S/C24H22N4O2S/c1-2-14-30-21-12-10-18(11-13-21)23-19(16-25-26-24(29)22-9-6-15-31-22)17-28(27-23)20-7-4-3-5-8-20/h3-13,15-17H,2,14H2,1H3,(H,26,29)/b25-16-. The second-order valence-electron chi connectivity index (χ2n) is 6.76. The molecule has 1 N–H and O–H groups in total. The summed E-state index contributed by atoms with van der Waals surface area (Å²) in [7, 11) is 0. The Morgan fingerprint density at radius 1 is 1.13 bits per heavy atom. The molecule has 0 aliphatic carbocycles. The molecular formula is C24H22N4O2S. The third-order valence-electron chi connectivity index (χ3n) is 4.48. The summed E-state index contributed by atoms with van der Waals surface area (Å²) >= 11 is 1.37. The van der Waals surface area contributed by atoms with Crippen molar-refractivity contribution in [1.82, 2.24) is 15.2 Å². The van der Waals surface area contributed by atoms with E-state index in [2.05, 4.69) is 17.5 Å². The van der Waals surface area contributed by atoms with E-state index in [0.717, 1.165) is 34.7 Å². The van der Waals surface area contributed by atoms with Crippen molar-refractivity contribution in [3.05, 3.63) is 88.7 Å². The molecule has 156 valence electrons. The number of benzene rings is 2. The molecule has 0 fully saturated rings. The topological polar surface area (TPSA) is 68.5 Å². The monoisotopic (exact) mass is 430 g/mol. The average Bonchev–Trinajstić information content (AvgIpc) is 3.49. The molecule has 0 saturated carbocycles. The minimum atomic E-state index is -0.235. The number of ether oxygens (including phenoxy) is 1. The van der Waals surface area contributed by atoms with Crippen LogP contribution < -0.4 is 10.2 Å². The van der Waals surface area contributed by atoms with Gasteiger partial charge in [-0.05, 0) is 54.3 Å². The zero-order valence-corrected chi connectivity index (χ0v) is 17.9. The SMILES string of the molecule is CCCOc1ccc(-c2nn(-c3ccccc3)cc2/C=N\NC(=O)c2cccs2)cc1. The van der Waals surface area contributed by atoms with Gasteiger partial charge in [0.2, 0.25) is 0 Å². The first-order valence-electron chi connectivity index (χ1n) is 10.00. The van der Waals surface area contributed by atoms with E-state index in [0.29, 0.717) is 11.5 Å². The Labute approximate surface area is 184 Å². The highest BCUT2D eigenvalue weighted by molar-refractivity contribution is 7.12. The molecule has 0 atom stereocenters. The summed E-state index contributed by atoms with van der Waals surface area (Å²) in [6, 6.07) is 21.3. The second-order valence-corrected chi connectivity index (χ2v) is 7.71. The maximum atomic E-state index is 12.2. The normalized spacial score (nSPS) is 11.0. The Hall–Kier alpha value is -3.71. The number of carbonyl (C=O) groups excluding carboxylic acids is 1. The molecule has 2 heterocycles. The van der Waals surface area contributed by atoms with Crippen LogP contribution >= 0.6 is 11.3 Å². The van der Waals surface area contributed by atoms with Crippen LogP contribution in [0.5, 0.6) is 5.75 Å². The van der Waals surface area contributed by atoms with Gasteiger partial charge in [-0.25, -0.2) is 10.1 Å². The summed E-state index contributed by atoms with van der Waals surface area (Å²) in [6.07, 6.45) is 4.47. The quantitative estimate of drug-likeness (QED) is 0.310. The van der Waals surface area contributed by atoms with Gasteiger partial charge in [0.1, 0.15) is 11.4 Å². The van der Waals surface area contributed by atoms with Crippen molar-refractivity contribution in [3.8, 4) is 22.7 Å². The summed E-state index contributed by atoms with van der Waals surface area (Å²) in [5.41, 5.74) is 6.00. The van der Waals surface area contributed by atoms with Crippen LogP contribution in [0.15, 0.2) is 83.4 Å². The number of para-hydroxylation sites is 1. The maximum Gasteiger partial charge on any atom is 0.281 e. The Morgan fingerprint density at radius 2 is 1.94 bits per heavy atom. The van der Waals surface area contributed by atoms with Crippen LogP contribution in [-0.4, -0.2) is 28.5 Å². The number of rotatable bonds is 8. The Morgan fingerprint density at radius 3 is 2.65 bits per heavy atom. The van der Waals surface area contributed by atoms with Gasteiger partial charge in [-0.3, -0.25) is 4.79 Å². The molecule has 31 heavy (non-hydrogen) atoms. The fourth-order valence-electron chi connectivity index (χ4n) is 2.97. The highest BCUT2D eigenvalue weighted by atomic mass is 32.1. The van der Waals surface area contributed by atoms with Crippen LogP contribution in [0.3, 0.4) is 0 Å². The van der Waals surface area contributed by atoms with E-state index in [9.17, 15) is 4.79 Å². The molecule has 2 aromatic heterocycles. The van der Waals surface area contributed by atoms with Gasteiger partial charge in [0.25, 0.3) is 5.91 Å². The van der Waals surface area contributed by atoms with Gasteiger partial charge in [0.15, 0.2) is 0 Å². The average molecular weight is 431 g/mol. The highest BCUT2D eigenvalue weighted by Gasteiger charge is 2.12. The summed E-state index contributed by atoms with van der Waals surface area (Å²) in [5.74, 6) is 0.590. The molecule has 0 radical (unpaired) electrons. The van der Waals surface area contributed by atoms with Crippen LogP contribution in [0.2, 0.25) is 0 Å². The molecule has 0 saturated heterocycles. The van der Waals surface area contributed by atoms with Gasteiger partial charge in [-0.15, -0.1) is 11.3 Å². The third kappa shape index (κ3) is 5.07. The molecular weight excluding hydrogens is 408 g/mol. The first kappa shape index (κ1) is 20.6. The van der Waals surface area contributed by atoms with Crippen LogP contribution in [-0.2, 0) is 0 Å². The molecule has 7 heteroatoms. The van der Waals surface area contributed by atoms with E-state index in [1.54, 1.807) is 17.0 Å². The first-order valence-corrected chi connectivity index (χ1v) is 10.9. The number of hydrogen-bond acceptors (Lipinski definition) is 5. The van der Waals surface area contributed by atoms with Crippen LogP contribution in [0, 0.1) is 0 Å². The van der Waals surface area contributed by atoms with Crippen molar-refractivity contribution in [1.29, 1.82) is 0 Å². The molecule has 0 aliphatic heterocycles. The van der Waals surface area contributed by atoms with Gasteiger partial charge < -0.3 is 4.74 Å². The number of carbonyl (C=O) groups is 1. The van der Waals surface area contributed by atoms with Crippen molar-refractivity contribution >= 4 is 23.5 Å². The molecule has 6 nitrogen and oxygen atoms in total. The van der Waals surface area contributed by atoms with Crippen molar-refractivity contribution < 1.29 is 9.53 Å². The van der Waals surface area contributed by atoms with E-state index in [4.69, 9.17) is 9.84 Å². The lowest BCUT2D eigenvalue weighted by molar-refractivity contribution is 0.0959. The third-order valence-corrected chi connectivity index (χ3v) is 5.35. The van der Waals surface area contributed by atoms with Gasteiger partial charge in [-0.2, -0.15) is 10.2 Å². The Balaban J connectivity index is 1.62. The molecule has 0 unspecified atom stereocenters. The van der Waals surface area contributed by atoms with E-state index in [-0.39, 0.29) is 5.91 Å². The number of hydrazone groups is 1. The lowest BCUT2D eigenvalue weighted by atomic mass is 10.1. The van der Waals surface area contributed by atoms with Crippen molar-refractivity contribution in [2.24, 2.45) is 5.10 Å². The molecule has 4 rings (SSSR count). The molecule has 4 aromatic rings.